The van der Waals surface area contributed by atoms with Crippen molar-refractivity contribution < 1.29 is 5.11 Å². The molecule has 2 saturated heterocycles. The Labute approximate surface area is 191 Å². The van der Waals surface area contributed by atoms with Gasteiger partial charge in [-0.25, -0.2) is 0 Å². The third-order valence-corrected chi connectivity index (χ3v) is 6.13. The molecule has 0 aliphatic carbocycles. The number of likely N-dealkylation sites (tertiary alicyclic amines) is 1. The molecule has 2 N–H and O–H groups in total. The number of benzene rings is 1. The SMILES string of the molecule is CN1CCC(O)CC1C(CN1CCNCC1)c1ccc(Cl)c(Cl)c1.Cl.Cl.Cl. The first-order valence-electron chi connectivity index (χ1n) is 8.81. The summed E-state index contributed by atoms with van der Waals surface area (Å²) < 4.78 is 0. The zero-order valence-electron chi connectivity index (χ0n) is 15.4. The maximum absolute atomic E-state index is 10.2. The fourth-order valence-electron chi connectivity index (χ4n) is 3.93. The second-order valence-corrected chi connectivity index (χ2v) is 7.87. The standard InChI is InChI=1S/C18H27Cl2N3O.3ClH/c1-22-7-4-14(24)11-18(22)15(12-23-8-5-21-6-9-23)13-2-3-16(19)17(20)10-13;;;/h2-3,10,14-15,18,21,24H,4-9,11-12H2,1H3;3*1H. The van der Waals surface area contributed by atoms with Crippen LogP contribution in [0.2, 0.25) is 10.0 Å². The largest absolute Gasteiger partial charge is 0.393 e. The van der Waals surface area contributed by atoms with Gasteiger partial charge in [-0.05, 0) is 37.6 Å². The topological polar surface area (TPSA) is 38.7 Å². The third-order valence-electron chi connectivity index (χ3n) is 5.40. The van der Waals surface area contributed by atoms with Crippen LogP contribution in [-0.2, 0) is 0 Å². The Kier molecular flexibility index (Phi) is 13.2. The Balaban J connectivity index is 0.00000225. The number of aliphatic hydroxyl groups is 1. The first kappa shape index (κ1) is 27.5. The average molecular weight is 482 g/mol. The number of halogens is 5. The Morgan fingerprint density at radius 3 is 2.41 bits per heavy atom. The molecule has 9 heteroatoms. The summed E-state index contributed by atoms with van der Waals surface area (Å²) in [6.07, 6.45) is 1.46. The van der Waals surface area contributed by atoms with E-state index >= 15 is 0 Å². The molecule has 0 aromatic heterocycles. The highest BCUT2D eigenvalue weighted by molar-refractivity contribution is 6.42. The van der Waals surface area contributed by atoms with Gasteiger partial charge < -0.3 is 20.2 Å². The van der Waals surface area contributed by atoms with Gasteiger partial charge in [-0.3, -0.25) is 0 Å². The predicted molar refractivity (Wildman–Crippen MR) is 122 cm³/mol. The van der Waals surface area contributed by atoms with Crippen LogP contribution in [0.1, 0.15) is 24.3 Å². The molecule has 1 aromatic rings. The van der Waals surface area contributed by atoms with Gasteiger partial charge in [0.2, 0.25) is 0 Å². The van der Waals surface area contributed by atoms with E-state index in [1.54, 1.807) is 0 Å². The van der Waals surface area contributed by atoms with Crippen LogP contribution in [0.25, 0.3) is 0 Å². The number of nitrogens with zero attached hydrogens (tertiary/aromatic N) is 2. The van der Waals surface area contributed by atoms with Gasteiger partial charge >= 0.3 is 0 Å². The minimum absolute atomic E-state index is 0. The van der Waals surface area contributed by atoms with E-state index in [1.807, 2.05) is 12.1 Å². The Bertz CT molecular complexity index is 560. The summed E-state index contributed by atoms with van der Waals surface area (Å²) in [6.45, 7) is 6.13. The van der Waals surface area contributed by atoms with Crippen molar-refractivity contribution >= 4 is 60.4 Å². The maximum atomic E-state index is 10.2. The fourth-order valence-corrected chi connectivity index (χ4v) is 4.24. The van der Waals surface area contributed by atoms with E-state index in [0.717, 1.165) is 52.1 Å². The van der Waals surface area contributed by atoms with Gasteiger partial charge in [0.25, 0.3) is 0 Å². The highest BCUT2D eigenvalue weighted by Gasteiger charge is 2.33. The van der Waals surface area contributed by atoms with E-state index in [4.69, 9.17) is 23.2 Å². The summed E-state index contributed by atoms with van der Waals surface area (Å²) in [7, 11) is 2.17. The van der Waals surface area contributed by atoms with Crippen molar-refractivity contribution in [1.82, 2.24) is 15.1 Å². The van der Waals surface area contributed by atoms with Crippen molar-refractivity contribution in [3.05, 3.63) is 33.8 Å². The summed E-state index contributed by atoms with van der Waals surface area (Å²) in [4.78, 5) is 4.90. The highest BCUT2D eigenvalue weighted by atomic mass is 35.5. The molecule has 3 unspecified atom stereocenters. The van der Waals surface area contributed by atoms with E-state index in [0.29, 0.717) is 22.0 Å². The molecule has 0 saturated carbocycles. The Hall–Kier alpha value is 0.510. The van der Waals surface area contributed by atoms with Crippen LogP contribution < -0.4 is 5.32 Å². The molecule has 0 spiro atoms. The van der Waals surface area contributed by atoms with E-state index < -0.39 is 0 Å². The highest BCUT2D eigenvalue weighted by Crippen LogP contribution is 2.34. The molecule has 158 valence electrons. The summed E-state index contributed by atoms with van der Waals surface area (Å²) in [5, 5.41) is 14.8. The van der Waals surface area contributed by atoms with Gasteiger partial charge in [0.1, 0.15) is 0 Å². The molecule has 4 nitrogen and oxygen atoms in total. The molecule has 2 heterocycles. The normalized spacial score (nSPS) is 24.9. The van der Waals surface area contributed by atoms with Gasteiger partial charge in [-0.1, -0.05) is 29.3 Å². The molecule has 2 fully saturated rings. The van der Waals surface area contributed by atoms with Crippen molar-refractivity contribution in [1.29, 1.82) is 0 Å². The molecule has 27 heavy (non-hydrogen) atoms. The van der Waals surface area contributed by atoms with Crippen molar-refractivity contribution in [3.8, 4) is 0 Å². The van der Waals surface area contributed by atoms with Crippen LogP contribution in [0.3, 0.4) is 0 Å². The lowest BCUT2D eigenvalue weighted by atomic mass is 9.84. The first-order chi connectivity index (χ1) is 11.5. The molecule has 2 aliphatic rings. The minimum atomic E-state index is -0.209. The molecular weight excluding hydrogens is 451 g/mol. The first-order valence-corrected chi connectivity index (χ1v) is 9.56. The van der Waals surface area contributed by atoms with Crippen LogP contribution in [0.5, 0.6) is 0 Å². The number of likely N-dealkylation sites (N-methyl/N-ethyl adjacent to an activating group) is 1. The van der Waals surface area contributed by atoms with Crippen molar-refractivity contribution in [2.24, 2.45) is 0 Å². The zero-order chi connectivity index (χ0) is 17.1. The van der Waals surface area contributed by atoms with Crippen molar-refractivity contribution in [3.63, 3.8) is 0 Å². The average Bonchev–Trinajstić information content (AvgIpc) is 2.59. The smallest absolute Gasteiger partial charge is 0.0595 e. The van der Waals surface area contributed by atoms with Crippen LogP contribution in [0.4, 0.5) is 0 Å². The number of piperazine rings is 1. The monoisotopic (exact) mass is 479 g/mol. The molecule has 0 amide bonds. The summed E-state index contributed by atoms with van der Waals surface area (Å²) in [5.74, 6) is 0.317. The van der Waals surface area contributed by atoms with Crippen LogP contribution in [0, 0.1) is 0 Å². The van der Waals surface area contributed by atoms with E-state index in [-0.39, 0.29) is 43.3 Å². The van der Waals surface area contributed by atoms with E-state index in [1.165, 1.54) is 5.56 Å². The molecule has 2 aliphatic heterocycles. The molecule has 3 rings (SSSR count). The van der Waals surface area contributed by atoms with Crippen LogP contribution in [-0.4, -0.2) is 73.4 Å². The molecule has 1 aromatic carbocycles. The number of aliphatic hydroxyl groups excluding tert-OH is 1. The molecule has 0 radical (unpaired) electrons. The van der Waals surface area contributed by atoms with E-state index in [2.05, 4.69) is 28.2 Å². The van der Waals surface area contributed by atoms with Crippen LogP contribution in [0.15, 0.2) is 18.2 Å². The second-order valence-electron chi connectivity index (χ2n) is 7.06. The second kappa shape index (κ2) is 12.9. The fraction of sp³-hybridized carbons (Fsp3) is 0.667. The van der Waals surface area contributed by atoms with Gasteiger partial charge in [0.05, 0.1) is 16.1 Å². The lowest BCUT2D eigenvalue weighted by molar-refractivity contribution is 0.0376. The summed E-state index contributed by atoms with van der Waals surface area (Å²) in [5.41, 5.74) is 1.22. The molecule has 0 bridgehead atoms. The Morgan fingerprint density at radius 2 is 1.78 bits per heavy atom. The number of nitrogens with one attached hydrogen (secondary N) is 1. The summed E-state index contributed by atoms with van der Waals surface area (Å²) >= 11 is 12.4. The number of piperidine rings is 1. The lowest BCUT2D eigenvalue weighted by Crippen LogP contribution is -2.50. The number of hydrogen-bond donors (Lipinski definition) is 2. The maximum Gasteiger partial charge on any atom is 0.0595 e. The lowest BCUT2D eigenvalue weighted by Gasteiger charge is -2.42. The number of rotatable bonds is 4. The van der Waals surface area contributed by atoms with Crippen molar-refractivity contribution in [2.75, 3.05) is 46.3 Å². The van der Waals surface area contributed by atoms with E-state index in [9.17, 15) is 5.11 Å². The van der Waals surface area contributed by atoms with Crippen molar-refractivity contribution in [2.45, 2.75) is 30.9 Å². The Morgan fingerprint density at radius 1 is 1.11 bits per heavy atom. The number of hydrogen-bond acceptors (Lipinski definition) is 4. The minimum Gasteiger partial charge on any atom is -0.393 e. The zero-order valence-corrected chi connectivity index (χ0v) is 19.4. The van der Waals surface area contributed by atoms with Gasteiger partial charge in [-0.15, -0.1) is 37.2 Å². The van der Waals surface area contributed by atoms with Gasteiger partial charge in [0.15, 0.2) is 0 Å². The third kappa shape index (κ3) is 7.36. The summed E-state index contributed by atoms with van der Waals surface area (Å²) in [6, 6.07) is 6.31. The molecule has 3 atom stereocenters. The van der Waals surface area contributed by atoms with Gasteiger partial charge in [-0.2, -0.15) is 0 Å². The predicted octanol–water partition coefficient (Wildman–Crippen LogP) is 3.70. The quantitative estimate of drug-likeness (QED) is 0.688. The van der Waals surface area contributed by atoms with Crippen LogP contribution >= 0.6 is 60.4 Å². The molecular formula is C18H30Cl5N3O. The van der Waals surface area contributed by atoms with Gasteiger partial charge in [0, 0.05) is 51.2 Å².